The van der Waals surface area contributed by atoms with Gasteiger partial charge in [-0.1, -0.05) is 39.2 Å². The summed E-state index contributed by atoms with van der Waals surface area (Å²) in [5, 5.41) is 3.07. The zero-order chi connectivity index (χ0) is 14.3. The van der Waals surface area contributed by atoms with Crippen molar-refractivity contribution in [1.82, 2.24) is 5.32 Å². The lowest BCUT2D eigenvalue weighted by atomic mass is 9.99. The molecule has 0 fully saturated rings. The van der Waals surface area contributed by atoms with Crippen LogP contribution in [-0.4, -0.2) is 12.5 Å². The van der Waals surface area contributed by atoms with E-state index >= 15 is 0 Å². The van der Waals surface area contributed by atoms with Crippen molar-refractivity contribution >= 4 is 5.91 Å². The van der Waals surface area contributed by atoms with E-state index in [1.807, 2.05) is 25.1 Å². The van der Waals surface area contributed by atoms with Crippen molar-refractivity contribution in [2.75, 3.05) is 6.54 Å². The fourth-order valence-electron chi connectivity index (χ4n) is 2.17. The van der Waals surface area contributed by atoms with E-state index in [2.05, 4.69) is 26.1 Å². The van der Waals surface area contributed by atoms with E-state index in [9.17, 15) is 4.79 Å². The smallest absolute Gasteiger partial charge is 0.251 e. The van der Waals surface area contributed by atoms with Gasteiger partial charge in [-0.3, -0.25) is 4.79 Å². The lowest BCUT2D eigenvalue weighted by molar-refractivity contribution is 0.0945. The first kappa shape index (κ1) is 15.7. The minimum Gasteiger partial charge on any atom is -0.352 e. The quantitative estimate of drug-likeness (QED) is 0.781. The van der Waals surface area contributed by atoms with Gasteiger partial charge in [-0.05, 0) is 49.4 Å². The molecule has 19 heavy (non-hydrogen) atoms. The highest BCUT2D eigenvalue weighted by atomic mass is 16.1. The van der Waals surface area contributed by atoms with Crippen molar-refractivity contribution in [3.8, 4) is 0 Å². The predicted octanol–water partition coefficient (Wildman–Crippen LogP) is 4.25. The van der Waals surface area contributed by atoms with Crippen LogP contribution in [0.25, 0.3) is 0 Å². The third-order valence-electron chi connectivity index (χ3n) is 3.86. The summed E-state index contributed by atoms with van der Waals surface area (Å²) in [4.78, 5) is 12.1. The van der Waals surface area contributed by atoms with Crippen molar-refractivity contribution < 1.29 is 4.79 Å². The first-order chi connectivity index (χ1) is 9.08. The predicted molar refractivity (Wildman–Crippen MR) is 81.6 cm³/mol. The second kappa shape index (κ2) is 7.98. The Morgan fingerprint density at radius 1 is 1.21 bits per heavy atom. The standard InChI is InChI=1S/C17H27NO/c1-5-7-8-15(6-2)12-18-17(19)16-10-9-13(3)14(4)11-16/h9-11,15H,5-8,12H2,1-4H3,(H,18,19). The SMILES string of the molecule is CCCCC(CC)CNC(=O)c1ccc(C)c(C)c1. The van der Waals surface area contributed by atoms with E-state index < -0.39 is 0 Å². The summed E-state index contributed by atoms with van der Waals surface area (Å²) in [5.41, 5.74) is 3.17. The first-order valence-corrected chi connectivity index (χ1v) is 7.43. The highest BCUT2D eigenvalue weighted by molar-refractivity contribution is 5.94. The highest BCUT2D eigenvalue weighted by Crippen LogP contribution is 2.13. The molecule has 1 aromatic carbocycles. The number of hydrogen-bond acceptors (Lipinski definition) is 1. The van der Waals surface area contributed by atoms with Crippen LogP contribution < -0.4 is 5.32 Å². The molecule has 1 atom stereocenters. The molecule has 0 aliphatic rings. The van der Waals surface area contributed by atoms with Crippen molar-refractivity contribution in [2.45, 2.75) is 53.4 Å². The van der Waals surface area contributed by atoms with Crippen LogP contribution in [0.15, 0.2) is 18.2 Å². The number of amides is 1. The summed E-state index contributed by atoms with van der Waals surface area (Å²) >= 11 is 0. The number of carbonyl (C=O) groups excluding carboxylic acids is 1. The second-order valence-corrected chi connectivity index (χ2v) is 5.43. The molecule has 1 unspecified atom stereocenters. The number of nitrogens with one attached hydrogen (secondary N) is 1. The highest BCUT2D eigenvalue weighted by Gasteiger charge is 2.10. The van der Waals surface area contributed by atoms with Crippen LogP contribution in [0.5, 0.6) is 0 Å². The Balaban J connectivity index is 2.52. The normalized spacial score (nSPS) is 12.2. The Morgan fingerprint density at radius 2 is 1.95 bits per heavy atom. The lowest BCUT2D eigenvalue weighted by Crippen LogP contribution is -2.29. The maximum Gasteiger partial charge on any atom is 0.251 e. The van der Waals surface area contributed by atoms with Gasteiger partial charge >= 0.3 is 0 Å². The average Bonchev–Trinajstić information content (AvgIpc) is 2.41. The molecule has 2 heteroatoms. The van der Waals surface area contributed by atoms with Crippen molar-refractivity contribution in [3.05, 3.63) is 34.9 Å². The molecule has 0 saturated carbocycles. The summed E-state index contributed by atoms with van der Waals surface area (Å²) in [6.45, 7) is 9.31. The molecule has 0 spiro atoms. The fraction of sp³-hybridized carbons (Fsp3) is 0.588. The molecule has 0 bridgehead atoms. The molecule has 0 saturated heterocycles. The van der Waals surface area contributed by atoms with Gasteiger partial charge < -0.3 is 5.32 Å². The van der Waals surface area contributed by atoms with Gasteiger partial charge in [0.15, 0.2) is 0 Å². The zero-order valence-corrected chi connectivity index (χ0v) is 12.8. The van der Waals surface area contributed by atoms with Gasteiger partial charge in [-0.15, -0.1) is 0 Å². The Morgan fingerprint density at radius 3 is 2.53 bits per heavy atom. The van der Waals surface area contributed by atoms with Gasteiger partial charge in [0.05, 0.1) is 0 Å². The third-order valence-corrected chi connectivity index (χ3v) is 3.86. The van der Waals surface area contributed by atoms with Gasteiger partial charge in [0, 0.05) is 12.1 Å². The summed E-state index contributed by atoms with van der Waals surface area (Å²) in [7, 11) is 0. The molecule has 1 aromatic rings. The van der Waals surface area contributed by atoms with Gasteiger partial charge in [0.25, 0.3) is 5.91 Å². The number of benzene rings is 1. The third kappa shape index (κ3) is 5.06. The number of unbranched alkanes of at least 4 members (excludes halogenated alkanes) is 1. The molecule has 1 N–H and O–H groups in total. The Hall–Kier alpha value is -1.31. The summed E-state index contributed by atoms with van der Waals surface area (Å²) < 4.78 is 0. The maximum atomic E-state index is 12.1. The van der Waals surface area contributed by atoms with E-state index in [1.54, 1.807) is 0 Å². The summed E-state index contributed by atoms with van der Waals surface area (Å²) in [6.07, 6.45) is 4.81. The van der Waals surface area contributed by atoms with E-state index in [1.165, 1.54) is 30.4 Å². The lowest BCUT2D eigenvalue weighted by Gasteiger charge is -2.15. The monoisotopic (exact) mass is 261 g/mol. The molecule has 0 aromatic heterocycles. The van der Waals surface area contributed by atoms with Gasteiger partial charge in [0.1, 0.15) is 0 Å². The Kier molecular flexibility index (Phi) is 6.61. The molecule has 0 aliphatic heterocycles. The molecular formula is C17H27NO. The maximum absolute atomic E-state index is 12.1. The van der Waals surface area contributed by atoms with Crippen LogP contribution in [0, 0.1) is 19.8 Å². The van der Waals surface area contributed by atoms with E-state index in [4.69, 9.17) is 0 Å². The topological polar surface area (TPSA) is 29.1 Å². The van der Waals surface area contributed by atoms with Crippen LogP contribution in [-0.2, 0) is 0 Å². The number of hydrogen-bond donors (Lipinski definition) is 1. The molecule has 1 rings (SSSR count). The molecule has 0 radical (unpaired) electrons. The Labute approximate surface area is 117 Å². The number of rotatable bonds is 7. The molecule has 106 valence electrons. The zero-order valence-electron chi connectivity index (χ0n) is 12.8. The minimum absolute atomic E-state index is 0.0537. The largest absolute Gasteiger partial charge is 0.352 e. The second-order valence-electron chi connectivity index (χ2n) is 5.43. The average molecular weight is 261 g/mol. The van der Waals surface area contributed by atoms with E-state index in [0.717, 1.165) is 18.5 Å². The summed E-state index contributed by atoms with van der Waals surface area (Å²) in [6, 6.07) is 5.89. The molecule has 0 heterocycles. The molecular weight excluding hydrogens is 234 g/mol. The van der Waals surface area contributed by atoms with Crippen LogP contribution >= 0.6 is 0 Å². The van der Waals surface area contributed by atoms with Gasteiger partial charge in [-0.25, -0.2) is 0 Å². The fourth-order valence-corrected chi connectivity index (χ4v) is 2.17. The van der Waals surface area contributed by atoms with Crippen molar-refractivity contribution in [2.24, 2.45) is 5.92 Å². The minimum atomic E-state index is 0.0537. The summed E-state index contributed by atoms with van der Waals surface area (Å²) in [5.74, 6) is 0.661. The number of carbonyl (C=O) groups is 1. The van der Waals surface area contributed by atoms with Crippen molar-refractivity contribution in [3.63, 3.8) is 0 Å². The van der Waals surface area contributed by atoms with Gasteiger partial charge in [-0.2, -0.15) is 0 Å². The van der Waals surface area contributed by atoms with Crippen LogP contribution in [0.1, 0.15) is 61.0 Å². The molecule has 0 aliphatic carbocycles. The number of aryl methyl sites for hydroxylation is 2. The Bertz CT molecular complexity index is 412. The van der Waals surface area contributed by atoms with E-state index in [0.29, 0.717) is 5.92 Å². The van der Waals surface area contributed by atoms with E-state index in [-0.39, 0.29) is 5.91 Å². The molecule has 2 nitrogen and oxygen atoms in total. The van der Waals surface area contributed by atoms with Crippen LogP contribution in [0.4, 0.5) is 0 Å². The van der Waals surface area contributed by atoms with Crippen molar-refractivity contribution in [1.29, 1.82) is 0 Å². The first-order valence-electron chi connectivity index (χ1n) is 7.43. The van der Waals surface area contributed by atoms with Crippen LogP contribution in [0.3, 0.4) is 0 Å². The van der Waals surface area contributed by atoms with Gasteiger partial charge in [0.2, 0.25) is 0 Å². The van der Waals surface area contributed by atoms with Crippen LogP contribution in [0.2, 0.25) is 0 Å². The molecule has 1 amide bonds.